The van der Waals surface area contributed by atoms with Crippen LogP contribution >= 0.6 is 23.4 Å². The van der Waals surface area contributed by atoms with E-state index in [4.69, 9.17) is 11.6 Å². The molecule has 1 saturated heterocycles. The molecule has 2 N–H and O–H groups in total. The third-order valence-electron chi connectivity index (χ3n) is 7.07. The van der Waals surface area contributed by atoms with Gasteiger partial charge in [0.2, 0.25) is 11.8 Å². The number of halogens is 2. The summed E-state index contributed by atoms with van der Waals surface area (Å²) >= 11 is 7.64. The maximum atomic E-state index is 14.3. The summed E-state index contributed by atoms with van der Waals surface area (Å²) in [5.41, 5.74) is 3.56. The number of fused-ring (bicyclic) bond motifs is 3. The number of nitrogens with zero attached hydrogens (tertiary/aromatic N) is 3. The zero-order valence-corrected chi connectivity index (χ0v) is 21.5. The van der Waals surface area contributed by atoms with E-state index in [0.717, 1.165) is 12.8 Å². The van der Waals surface area contributed by atoms with E-state index >= 15 is 0 Å². The lowest BCUT2D eigenvalue weighted by Gasteiger charge is -2.51. The molecule has 1 saturated carbocycles. The van der Waals surface area contributed by atoms with Gasteiger partial charge >= 0.3 is 0 Å². The summed E-state index contributed by atoms with van der Waals surface area (Å²) in [6.07, 6.45) is 3.29. The van der Waals surface area contributed by atoms with Crippen LogP contribution < -0.4 is 10.7 Å². The lowest BCUT2D eigenvalue weighted by atomic mass is 9.75. The first kappa shape index (κ1) is 25.1. The summed E-state index contributed by atoms with van der Waals surface area (Å²) in [6, 6.07) is 4.66. The number of nitrogens with one attached hydrogen (secondary N) is 2. The molecule has 4 rings (SSSR count). The van der Waals surface area contributed by atoms with Crippen LogP contribution in [0.2, 0.25) is 5.02 Å². The van der Waals surface area contributed by atoms with Gasteiger partial charge in [-0.1, -0.05) is 43.3 Å². The van der Waals surface area contributed by atoms with Gasteiger partial charge in [0.25, 0.3) is 0 Å². The first-order chi connectivity index (χ1) is 16.3. The van der Waals surface area contributed by atoms with Gasteiger partial charge in [0.15, 0.2) is 11.5 Å². The number of carbonyl (C=O) groups excluding carboxylic acids is 2. The van der Waals surface area contributed by atoms with Crippen LogP contribution in [-0.4, -0.2) is 51.7 Å². The first-order valence-corrected chi connectivity index (χ1v) is 13.5. The second-order valence-electron chi connectivity index (χ2n) is 9.33. The lowest BCUT2D eigenvalue weighted by molar-refractivity contribution is -0.157. The number of carbonyl (C=O) groups is 2. The van der Waals surface area contributed by atoms with Crippen molar-refractivity contribution in [2.75, 3.05) is 6.54 Å². The van der Waals surface area contributed by atoms with Crippen molar-refractivity contribution in [1.29, 1.82) is 0 Å². The molecule has 7 nitrogen and oxygen atoms in total. The van der Waals surface area contributed by atoms with Crippen molar-refractivity contribution in [3.8, 4) is 0 Å². The maximum Gasteiger partial charge on any atom is 0.230 e. The topological polar surface area (TPSA) is 77.0 Å². The quantitative estimate of drug-likeness (QED) is 0.578. The zero-order valence-electron chi connectivity index (χ0n) is 19.9. The molecule has 0 bridgehead atoms. The Kier molecular flexibility index (Phi) is 7.92. The lowest BCUT2D eigenvalue weighted by Crippen LogP contribution is -2.68. The fourth-order valence-electron chi connectivity index (χ4n) is 5.04. The van der Waals surface area contributed by atoms with Gasteiger partial charge in [0.1, 0.15) is 5.82 Å². The van der Waals surface area contributed by atoms with Crippen LogP contribution in [-0.2, 0) is 15.3 Å². The van der Waals surface area contributed by atoms with Crippen molar-refractivity contribution in [3.63, 3.8) is 0 Å². The molecule has 1 aromatic rings. The predicted molar refractivity (Wildman–Crippen MR) is 133 cm³/mol. The van der Waals surface area contributed by atoms with Crippen molar-refractivity contribution >= 4 is 40.3 Å². The Morgan fingerprint density at radius 1 is 1.38 bits per heavy atom. The number of hydrogen-bond donors (Lipinski definition) is 2. The van der Waals surface area contributed by atoms with E-state index in [0.29, 0.717) is 47.3 Å². The Hall–Kier alpha value is -2.00. The number of hydrazone groups is 1. The van der Waals surface area contributed by atoms with Gasteiger partial charge in [0.05, 0.1) is 5.92 Å². The van der Waals surface area contributed by atoms with Gasteiger partial charge in [-0.15, -0.1) is 0 Å². The molecule has 0 radical (unpaired) electrons. The van der Waals surface area contributed by atoms with Gasteiger partial charge in [-0.25, -0.2) is 4.39 Å². The van der Waals surface area contributed by atoms with E-state index < -0.39 is 0 Å². The van der Waals surface area contributed by atoms with Crippen LogP contribution in [0.25, 0.3) is 0 Å². The van der Waals surface area contributed by atoms with E-state index in [1.807, 2.05) is 25.7 Å². The fraction of sp³-hybridized carbons (Fsp3) is 0.625. The normalized spacial score (nSPS) is 27.0. The molecule has 0 aromatic heterocycles. The highest BCUT2D eigenvalue weighted by Crippen LogP contribution is 2.41. The molecule has 1 aromatic carbocycles. The van der Waals surface area contributed by atoms with Crippen LogP contribution in [0, 0.1) is 17.7 Å². The molecule has 2 aliphatic heterocycles. The summed E-state index contributed by atoms with van der Waals surface area (Å²) in [7, 11) is 0. The van der Waals surface area contributed by atoms with E-state index in [1.165, 1.54) is 17.8 Å². The SMILES string of the molecule is CCCN1C(=O)C2CCC(C(=O)NC(C)CC)CC2N2C(SCc3c(F)cccc3Cl)=NNC12. The Morgan fingerprint density at radius 3 is 2.88 bits per heavy atom. The number of amides is 2. The minimum atomic E-state index is -0.385. The molecule has 3 aliphatic rings. The van der Waals surface area contributed by atoms with Crippen LogP contribution in [0.5, 0.6) is 0 Å². The molecular weight excluding hydrogens is 477 g/mol. The highest BCUT2D eigenvalue weighted by atomic mass is 35.5. The number of thioether (sulfide) groups is 1. The Morgan fingerprint density at radius 2 is 2.18 bits per heavy atom. The van der Waals surface area contributed by atoms with Crippen molar-refractivity contribution in [2.24, 2.45) is 16.9 Å². The molecule has 5 unspecified atom stereocenters. The molecule has 2 heterocycles. The molecule has 34 heavy (non-hydrogen) atoms. The summed E-state index contributed by atoms with van der Waals surface area (Å²) in [5.74, 6) is -0.162. The largest absolute Gasteiger partial charge is 0.353 e. The standard InChI is InChI=1S/C24H33ClFN5O2S/c1-4-11-30-22(33)16-10-9-15(21(32)27-14(3)5-2)12-20(16)31-23(30)28-29-24(31)34-13-17-18(25)7-6-8-19(17)26/h6-8,14-16,20,23,28H,4-5,9-13H2,1-3H3,(H,27,32). The second-order valence-corrected chi connectivity index (χ2v) is 10.7. The molecule has 5 atom stereocenters. The van der Waals surface area contributed by atoms with Crippen molar-refractivity contribution in [1.82, 2.24) is 20.5 Å². The van der Waals surface area contributed by atoms with Gasteiger partial charge in [0, 0.05) is 40.9 Å². The van der Waals surface area contributed by atoms with Crippen LogP contribution in [0.15, 0.2) is 23.3 Å². The number of hydrogen-bond acceptors (Lipinski definition) is 6. The molecule has 2 fully saturated rings. The Balaban J connectivity index is 1.56. The Labute approximate surface area is 209 Å². The molecule has 2 amide bonds. The Bertz CT molecular complexity index is 943. The average Bonchev–Trinajstić information content (AvgIpc) is 3.25. The monoisotopic (exact) mass is 509 g/mol. The van der Waals surface area contributed by atoms with Crippen molar-refractivity contribution in [3.05, 3.63) is 34.6 Å². The van der Waals surface area contributed by atoms with Gasteiger partial charge in [-0.2, -0.15) is 5.10 Å². The van der Waals surface area contributed by atoms with E-state index in [-0.39, 0.29) is 47.8 Å². The summed E-state index contributed by atoms with van der Waals surface area (Å²) < 4.78 is 14.3. The molecular formula is C24H33ClFN5O2S. The minimum absolute atomic E-state index is 0.0595. The summed E-state index contributed by atoms with van der Waals surface area (Å²) in [4.78, 5) is 30.3. The fourth-order valence-corrected chi connectivity index (χ4v) is 6.42. The second kappa shape index (κ2) is 10.7. The van der Waals surface area contributed by atoms with Crippen LogP contribution in [0.3, 0.4) is 0 Å². The van der Waals surface area contributed by atoms with Gasteiger partial charge in [-0.05, 0) is 51.2 Å². The molecule has 0 spiro atoms. The minimum Gasteiger partial charge on any atom is -0.353 e. The average molecular weight is 510 g/mol. The van der Waals surface area contributed by atoms with E-state index in [2.05, 4.69) is 20.7 Å². The number of amidine groups is 1. The van der Waals surface area contributed by atoms with Crippen molar-refractivity contribution in [2.45, 2.75) is 77.0 Å². The van der Waals surface area contributed by atoms with Crippen molar-refractivity contribution < 1.29 is 14.0 Å². The highest BCUT2D eigenvalue weighted by Gasteiger charge is 2.52. The summed E-state index contributed by atoms with van der Waals surface area (Å²) in [6.45, 7) is 6.73. The van der Waals surface area contributed by atoms with E-state index in [9.17, 15) is 14.0 Å². The maximum absolute atomic E-state index is 14.3. The van der Waals surface area contributed by atoms with Gasteiger partial charge < -0.3 is 15.1 Å². The van der Waals surface area contributed by atoms with E-state index in [1.54, 1.807) is 12.1 Å². The van der Waals surface area contributed by atoms with Crippen LogP contribution in [0.4, 0.5) is 4.39 Å². The number of rotatable bonds is 7. The first-order valence-electron chi connectivity index (χ1n) is 12.1. The van der Waals surface area contributed by atoms with Gasteiger partial charge in [-0.3, -0.25) is 15.0 Å². The third-order valence-corrected chi connectivity index (χ3v) is 8.42. The van der Waals surface area contributed by atoms with Crippen LogP contribution in [0.1, 0.15) is 58.4 Å². The molecule has 1 aliphatic carbocycles. The molecule has 186 valence electrons. The number of benzene rings is 1. The highest BCUT2D eigenvalue weighted by molar-refractivity contribution is 8.13. The molecule has 10 heteroatoms. The predicted octanol–water partition coefficient (Wildman–Crippen LogP) is 4.12. The summed E-state index contributed by atoms with van der Waals surface area (Å²) in [5, 5.41) is 8.73. The third kappa shape index (κ3) is 4.87. The smallest absolute Gasteiger partial charge is 0.230 e. The zero-order chi connectivity index (χ0) is 24.4.